The number of carbonyl (C=O) groups excluding carboxylic acids is 1. The van der Waals surface area contributed by atoms with Crippen LogP contribution in [0.3, 0.4) is 0 Å². The largest absolute Gasteiger partial charge is 0.444 e. The molecule has 0 aliphatic carbocycles. The highest BCUT2D eigenvalue weighted by atomic mass is 127. The molecule has 1 amide bonds. The monoisotopic (exact) mass is 375 g/mol. The number of fused-ring (bicyclic) bond motifs is 1. The molecule has 1 aromatic heterocycles. The number of thiophene rings is 1. The highest BCUT2D eigenvalue weighted by Gasteiger charge is 2.17. The quantitative estimate of drug-likeness (QED) is 0.724. The van der Waals surface area contributed by atoms with Crippen molar-refractivity contribution in [2.75, 3.05) is 5.32 Å². The van der Waals surface area contributed by atoms with Crippen LogP contribution in [0.5, 0.6) is 0 Å². The first-order valence-electron chi connectivity index (χ1n) is 5.53. The standard InChI is InChI=1S/C13H14INO2S/c1-13(2,3)17-12(16)15-9-5-4-6-10-8(9)7-11(14)18-10/h4-7H,1-3H3,(H,15,16). The molecule has 0 aliphatic heterocycles. The average molecular weight is 375 g/mol. The molecule has 96 valence electrons. The highest BCUT2D eigenvalue weighted by Crippen LogP contribution is 2.32. The van der Waals surface area contributed by atoms with Gasteiger partial charge in [0.15, 0.2) is 0 Å². The average Bonchev–Trinajstić information content (AvgIpc) is 2.56. The summed E-state index contributed by atoms with van der Waals surface area (Å²) in [6, 6.07) is 7.92. The first-order valence-corrected chi connectivity index (χ1v) is 7.43. The number of rotatable bonds is 1. The third-order valence-electron chi connectivity index (χ3n) is 2.17. The zero-order chi connectivity index (χ0) is 13.3. The van der Waals surface area contributed by atoms with Crippen molar-refractivity contribution in [3.05, 3.63) is 27.1 Å². The molecule has 18 heavy (non-hydrogen) atoms. The Labute approximate surface area is 124 Å². The first kappa shape index (κ1) is 13.6. The molecule has 5 heteroatoms. The van der Waals surface area contributed by atoms with Crippen LogP contribution in [0.2, 0.25) is 0 Å². The lowest BCUT2D eigenvalue weighted by molar-refractivity contribution is 0.0636. The minimum absolute atomic E-state index is 0.420. The summed E-state index contributed by atoms with van der Waals surface area (Å²) in [6.45, 7) is 5.54. The molecule has 0 spiro atoms. The number of halogens is 1. The van der Waals surface area contributed by atoms with Gasteiger partial charge in [0, 0.05) is 10.1 Å². The fourth-order valence-electron chi connectivity index (χ4n) is 1.55. The Morgan fingerprint density at radius 2 is 2.11 bits per heavy atom. The van der Waals surface area contributed by atoms with Crippen molar-refractivity contribution < 1.29 is 9.53 Å². The van der Waals surface area contributed by atoms with Gasteiger partial charge in [0.25, 0.3) is 0 Å². The van der Waals surface area contributed by atoms with E-state index < -0.39 is 11.7 Å². The number of amides is 1. The van der Waals surface area contributed by atoms with Gasteiger partial charge in [-0.25, -0.2) is 4.79 Å². The van der Waals surface area contributed by atoms with Gasteiger partial charge in [-0.2, -0.15) is 0 Å². The van der Waals surface area contributed by atoms with Crippen LogP contribution in [0.25, 0.3) is 10.1 Å². The smallest absolute Gasteiger partial charge is 0.412 e. The molecule has 3 nitrogen and oxygen atoms in total. The lowest BCUT2D eigenvalue weighted by Crippen LogP contribution is -2.27. The van der Waals surface area contributed by atoms with Crippen LogP contribution in [0.15, 0.2) is 24.3 Å². The summed E-state index contributed by atoms with van der Waals surface area (Å²) in [7, 11) is 0. The van der Waals surface area contributed by atoms with Crippen molar-refractivity contribution in [2.24, 2.45) is 0 Å². The molecule has 0 saturated heterocycles. The summed E-state index contributed by atoms with van der Waals surface area (Å²) in [5, 5.41) is 3.85. The molecular weight excluding hydrogens is 361 g/mol. The summed E-state index contributed by atoms with van der Waals surface area (Å²) >= 11 is 3.98. The zero-order valence-electron chi connectivity index (χ0n) is 10.4. The second-order valence-electron chi connectivity index (χ2n) is 4.89. The molecule has 1 aromatic carbocycles. The molecule has 0 unspecified atom stereocenters. The Bertz CT molecular complexity index is 586. The third-order valence-corrected chi connectivity index (χ3v) is 4.03. The van der Waals surface area contributed by atoms with Crippen molar-refractivity contribution in [2.45, 2.75) is 26.4 Å². The maximum atomic E-state index is 11.7. The van der Waals surface area contributed by atoms with Crippen LogP contribution >= 0.6 is 33.9 Å². The van der Waals surface area contributed by atoms with E-state index in [0.717, 1.165) is 15.8 Å². The maximum absolute atomic E-state index is 11.7. The SMILES string of the molecule is CC(C)(C)OC(=O)Nc1cccc2sc(I)cc12. The third kappa shape index (κ3) is 3.35. The Kier molecular flexibility index (Phi) is 3.82. The van der Waals surface area contributed by atoms with Gasteiger partial charge in [-0.3, -0.25) is 5.32 Å². The Balaban J connectivity index is 2.24. The van der Waals surface area contributed by atoms with E-state index in [2.05, 4.69) is 34.0 Å². The number of carbonyl (C=O) groups is 1. The van der Waals surface area contributed by atoms with Crippen molar-refractivity contribution in [3.63, 3.8) is 0 Å². The molecule has 0 aliphatic rings. The van der Waals surface area contributed by atoms with Crippen LogP contribution in [0.1, 0.15) is 20.8 Å². The summed E-state index contributed by atoms with van der Waals surface area (Å²) in [5.74, 6) is 0. The second-order valence-corrected chi connectivity index (χ2v) is 7.87. The van der Waals surface area contributed by atoms with E-state index >= 15 is 0 Å². The van der Waals surface area contributed by atoms with Gasteiger partial charge in [0.1, 0.15) is 5.60 Å². The minimum atomic E-state index is -0.485. The fourth-order valence-corrected chi connectivity index (χ4v) is 3.39. The molecule has 2 aromatic rings. The molecule has 2 rings (SSSR count). The van der Waals surface area contributed by atoms with Crippen molar-refractivity contribution in [1.29, 1.82) is 0 Å². The van der Waals surface area contributed by atoms with Crippen molar-refractivity contribution >= 4 is 55.8 Å². The first-order chi connectivity index (χ1) is 8.35. The van der Waals surface area contributed by atoms with Crippen LogP contribution in [0.4, 0.5) is 10.5 Å². The maximum Gasteiger partial charge on any atom is 0.412 e. The zero-order valence-corrected chi connectivity index (χ0v) is 13.4. The molecule has 0 fully saturated rings. The molecule has 0 radical (unpaired) electrons. The van der Waals surface area contributed by atoms with Gasteiger partial charge >= 0.3 is 6.09 Å². The molecule has 1 N–H and O–H groups in total. The van der Waals surface area contributed by atoms with E-state index in [1.54, 1.807) is 11.3 Å². The topological polar surface area (TPSA) is 38.3 Å². The van der Waals surface area contributed by atoms with Gasteiger partial charge in [0.2, 0.25) is 0 Å². The fraction of sp³-hybridized carbons (Fsp3) is 0.308. The van der Waals surface area contributed by atoms with Gasteiger partial charge in [0.05, 0.1) is 8.57 Å². The predicted octanol–water partition coefficient (Wildman–Crippen LogP) is 4.85. The summed E-state index contributed by atoms with van der Waals surface area (Å²) in [4.78, 5) is 11.7. The Morgan fingerprint density at radius 1 is 1.39 bits per heavy atom. The van der Waals surface area contributed by atoms with E-state index in [-0.39, 0.29) is 0 Å². The van der Waals surface area contributed by atoms with Gasteiger partial charge in [-0.05, 0) is 61.6 Å². The van der Waals surface area contributed by atoms with Crippen LogP contribution < -0.4 is 5.32 Å². The van der Waals surface area contributed by atoms with E-state index in [4.69, 9.17) is 4.74 Å². The normalized spacial score (nSPS) is 11.6. The van der Waals surface area contributed by atoms with Gasteiger partial charge in [-0.15, -0.1) is 11.3 Å². The molecule has 0 bridgehead atoms. The second kappa shape index (κ2) is 5.05. The Hall–Kier alpha value is -0.820. The highest BCUT2D eigenvalue weighted by molar-refractivity contribution is 14.1. The lowest BCUT2D eigenvalue weighted by atomic mass is 10.2. The summed E-state index contributed by atoms with van der Waals surface area (Å²) < 4.78 is 7.60. The van der Waals surface area contributed by atoms with Crippen molar-refractivity contribution in [1.82, 2.24) is 0 Å². The number of hydrogen-bond donors (Lipinski definition) is 1. The van der Waals surface area contributed by atoms with Crippen molar-refractivity contribution in [3.8, 4) is 0 Å². The van der Waals surface area contributed by atoms with Gasteiger partial charge in [-0.1, -0.05) is 6.07 Å². The van der Waals surface area contributed by atoms with Gasteiger partial charge < -0.3 is 4.74 Å². The Morgan fingerprint density at radius 3 is 2.78 bits per heavy atom. The number of ether oxygens (including phenoxy) is 1. The number of anilines is 1. The van der Waals surface area contributed by atoms with Crippen LogP contribution in [-0.2, 0) is 4.74 Å². The lowest BCUT2D eigenvalue weighted by Gasteiger charge is -2.19. The molecule has 0 saturated carbocycles. The van der Waals surface area contributed by atoms with Crippen LogP contribution in [-0.4, -0.2) is 11.7 Å². The number of nitrogens with one attached hydrogen (secondary N) is 1. The van der Waals surface area contributed by atoms with E-state index in [1.165, 1.54) is 2.88 Å². The number of hydrogen-bond acceptors (Lipinski definition) is 3. The van der Waals surface area contributed by atoms with E-state index in [1.807, 2.05) is 39.0 Å². The summed E-state index contributed by atoms with van der Waals surface area (Å²) in [5.41, 5.74) is 0.307. The molecule has 1 heterocycles. The molecular formula is C13H14INO2S. The van der Waals surface area contributed by atoms with E-state index in [0.29, 0.717) is 0 Å². The van der Waals surface area contributed by atoms with Crippen LogP contribution in [0, 0.1) is 2.88 Å². The minimum Gasteiger partial charge on any atom is -0.444 e. The molecule has 0 atom stereocenters. The van der Waals surface area contributed by atoms with E-state index in [9.17, 15) is 4.79 Å². The predicted molar refractivity (Wildman–Crippen MR) is 84.4 cm³/mol. The summed E-state index contributed by atoms with van der Waals surface area (Å²) in [6.07, 6.45) is -0.420. The number of benzene rings is 1.